The number of unbranched alkanes of at least 4 members (excludes halogenated alkanes) is 1. The molecule has 8 heteroatoms. The molecule has 0 aliphatic rings. The maximum atomic E-state index is 12.5. The molecular weight excluding hydrogens is 378 g/mol. The molecule has 2 rings (SSSR count). The maximum Gasteiger partial charge on any atom is 0.352 e. The van der Waals surface area contributed by atoms with Gasteiger partial charge in [0.1, 0.15) is 11.5 Å². The van der Waals surface area contributed by atoms with Gasteiger partial charge in [0.25, 0.3) is 5.91 Å². The van der Waals surface area contributed by atoms with Crippen molar-refractivity contribution in [3.63, 3.8) is 0 Å². The lowest BCUT2D eigenvalue weighted by molar-refractivity contribution is -0.110. The van der Waals surface area contributed by atoms with Gasteiger partial charge in [-0.15, -0.1) is 0 Å². The standard InChI is InChI=1S/C20H23N3O4S/c1-3-4-9-28-27-20(26)14-10-12(2)5-7-16(14)23-19(25)18(22)15-11-13(21)6-8-17(15)24/h5-8,10-11,22,24H,3-4,9,21H2,1-2H3,(H,23,25). The van der Waals surface area contributed by atoms with Crippen LogP contribution in [0.4, 0.5) is 11.4 Å². The van der Waals surface area contributed by atoms with Crippen LogP contribution in [-0.4, -0.2) is 28.4 Å². The van der Waals surface area contributed by atoms with E-state index in [1.54, 1.807) is 18.2 Å². The SMILES string of the molecule is CCCCSOC(=O)c1cc(C)ccc1NC(=O)C(=N)c1cc(N)ccc1O. The number of benzene rings is 2. The van der Waals surface area contributed by atoms with E-state index in [1.165, 1.54) is 18.2 Å². The zero-order chi connectivity index (χ0) is 20.7. The minimum Gasteiger partial charge on any atom is -0.507 e. The number of nitrogens with one attached hydrogen (secondary N) is 2. The summed E-state index contributed by atoms with van der Waals surface area (Å²) in [5.41, 5.74) is 6.76. The molecular formula is C20H23N3O4S. The van der Waals surface area contributed by atoms with Crippen LogP contribution < -0.4 is 11.1 Å². The summed E-state index contributed by atoms with van der Waals surface area (Å²) in [5.74, 6) is -0.893. The fourth-order valence-electron chi connectivity index (χ4n) is 2.34. The van der Waals surface area contributed by atoms with E-state index in [9.17, 15) is 14.7 Å². The number of aryl methyl sites for hydroxylation is 1. The molecule has 0 atom stereocenters. The summed E-state index contributed by atoms with van der Waals surface area (Å²) in [5, 5.41) is 20.5. The summed E-state index contributed by atoms with van der Waals surface area (Å²) >= 11 is 1.07. The summed E-state index contributed by atoms with van der Waals surface area (Å²) in [6, 6.07) is 9.04. The highest BCUT2D eigenvalue weighted by molar-refractivity contribution is 7.95. The minimum atomic E-state index is -0.780. The number of hydrogen-bond donors (Lipinski definition) is 4. The van der Waals surface area contributed by atoms with Crippen LogP contribution in [-0.2, 0) is 8.98 Å². The van der Waals surface area contributed by atoms with Gasteiger partial charge in [0.15, 0.2) is 0 Å². The molecule has 1 amide bonds. The maximum absolute atomic E-state index is 12.5. The number of phenols is 1. The molecule has 148 valence electrons. The van der Waals surface area contributed by atoms with Crippen LogP contribution in [0.3, 0.4) is 0 Å². The number of anilines is 2. The minimum absolute atomic E-state index is 0.00357. The van der Waals surface area contributed by atoms with Gasteiger partial charge in [-0.1, -0.05) is 25.0 Å². The lowest BCUT2D eigenvalue weighted by atomic mass is 10.1. The van der Waals surface area contributed by atoms with E-state index in [0.717, 1.165) is 30.4 Å². The number of phenolic OH excluding ortho intramolecular Hbond substituents is 1. The number of amides is 1. The summed E-state index contributed by atoms with van der Waals surface area (Å²) < 4.78 is 5.20. The zero-order valence-electron chi connectivity index (χ0n) is 15.7. The molecule has 0 fully saturated rings. The normalized spacial score (nSPS) is 10.4. The van der Waals surface area contributed by atoms with Crippen LogP contribution in [0.2, 0.25) is 0 Å². The van der Waals surface area contributed by atoms with Crippen molar-refractivity contribution in [2.75, 3.05) is 16.8 Å². The van der Waals surface area contributed by atoms with Crippen LogP contribution in [0.1, 0.15) is 41.3 Å². The molecule has 0 aromatic heterocycles. The highest BCUT2D eigenvalue weighted by atomic mass is 32.2. The van der Waals surface area contributed by atoms with Crippen LogP contribution in [0.15, 0.2) is 36.4 Å². The molecule has 0 unspecified atom stereocenters. The van der Waals surface area contributed by atoms with E-state index in [1.807, 2.05) is 13.8 Å². The fourth-order valence-corrected chi connectivity index (χ4v) is 3.03. The van der Waals surface area contributed by atoms with E-state index in [2.05, 4.69) is 5.32 Å². The molecule has 0 aliphatic heterocycles. The first-order valence-electron chi connectivity index (χ1n) is 8.76. The van der Waals surface area contributed by atoms with E-state index in [-0.39, 0.29) is 22.6 Å². The summed E-state index contributed by atoms with van der Waals surface area (Å²) in [4.78, 5) is 24.9. The van der Waals surface area contributed by atoms with Gasteiger partial charge in [-0.05, 0) is 43.7 Å². The average molecular weight is 401 g/mol. The van der Waals surface area contributed by atoms with Crippen LogP contribution in [0.5, 0.6) is 5.75 Å². The zero-order valence-corrected chi connectivity index (χ0v) is 16.6. The Balaban J connectivity index is 2.18. The van der Waals surface area contributed by atoms with E-state index >= 15 is 0 Å². The predicted molar refractivity (Wildman–Crippen MR) is 112 cm³/mol. The monoisotopic (exact) mass is 401 g/mol. The Hall–Kier alpha value is -3.00. The van der Waals surface area contributed by atoms with Crippen LogP contribution in [0.25, 0.3) is 0 Å². The van der Waals surface area contributed by atoms with Crippen LogP contribution in [0, 0.1) is 12.3 Å². The largest absolute Gasteiger partial charge is 0.507 e. The number of carbonyl (C=O) groups is 2. The Morgan fingerprint density at radius 2 is 1.96 bits per heavy atom. The number of rotatable bonds is 8. The van der Waals surface area contributed by atoms with Gasteiger partial charge in [-0.25, -0.2) is 4.79 Å². The van der Waals surface area contributed by atoms with Crippen LogP contribution >= 0.6 is 12.0 Å². The molecule has 0 saturated heterocycles. The van der Waals surface area contributed by atoms with Gasteiger partial charge >= 0.3 is 5.97 Å². The quantitative estimate of drug-likeness (QED) is 0.175. The van der Waals surface area contributed by atoms with E-state index in [0.29, 0.717) is 11.4 Å². The lowest BCUT2D eigenvalue weighted by Crippen LogP contribution is -2.24. The van der Waals surface area contributed by atoms with Gasteiger partial charge in [0.2, 0.25) is 0 Å². The highest BCUT2D eigenvalue weighted by Gasteiger charge is 2.20. The first-order chi connectivity index (χ1) is 13.3. The first-order valence-corrected chi connectivity index (χ1v) is 9.67. The molecule has 0 bridgehead atoms. The highest BCUT2D eigenvalue weighted by Crippen LogP contribution is 2.23. The van der Waals surface area contributed by atoms with Crippen molar-refractivity contribution in [1.82, 2.24) is 0 Å². The van der Waals surface area contributed by atoms with Crippen molar-refractivity contribution < 1.29 is 18.9 Å². The molecule has 0 saturated carbocycles. The van der Waals surface area contributed by atoms with Gasteiger partial charge in [0, 0.05) is 17.0 Å². The Bertz CT molecular complexity index is 899. The number of nitrogens with two attached hydrogens (primary N) is 1. The molecule has 0 aliphatic carbocycles. The van der Waals surface area contributed by atoms with Gasteiger partial charge in [0.05, 0.1) is 23.3 Å². The lowest BCUT2D eigenvalue weighted by Gasteiger charge is -2.12. The molecule has 7 nitrogen and oxygen atoms in total. The third-order valence-electron chi connectivity index (χ3n) is 3.88. The predicted octanol–water partition coefficient (Wildman–Crippen LogP) is 3.89. The van der Waals surface area contributed by atoms with Gasteiger partial charge < -0.3 is 20.3 Å². The number of carbonyl (C=O) groups excluding carboxylic acids is 2. The smallest absolute Gasteiger partial charge is 0.352 e. The Kier molecular flexibility index (Phi) is 7.45. The topological polar surface area (TPSA) is 126 Å². The van der Waals surface area contributed by atoms with E-state index < -0.39 is 17.6 Å². The molecule has 0 spiro atoms. The van der Waals surface area contributed by atoms with Crippen molar-refractivity contribution in [2.45, 2.75) is 26.7 Å². The fraction of sp³-hybridized carbons (Fsp3) is 0.250. The number of aromatic hydroxyl groups is 1. The number of nitrogen functional groups attached to an aromatic ring is 1. The molecule has 28 heavy (non-hydrogen) atoms. The van der Waals surface area contributed by atoms with E-state index in [4.69, 9.17) is 15.3 Å². The third kappa shape index (κ3) is 5.50. The summed E-state index contributed by atoms with van der Waals surface area (Å²) in [6.07, 6.45) is 1.92. The molecule has 0 heterocycles. The number of hydrogen-bond acceptors (Lipinski definition) is 7. The van der Waals surface area contributed by atoms with Crippen molar-refractivity contribution in [3.8, 4) is 5.75 Å². The summed E-state index contributed by atoms with van der Waals surface area (Å²) in [6.45, 7) is 3.86. The van der Waals surface area contributed by atoms with Crippen molar-refractivity contribution in [1.29, 1.82) is 5.41 Å². The van der Waals surface area contributed by atoms with Crippen molar-refractivity contribution in [2.24, 2.45) is 0 Å². The Morgan fingerprint density at radius 3 is 2.68 bits per heavy atom. The second-order valence-electron chi connectivity index (χ2n) is 6.20. The van der Waals surface area contributed by atoms with Gasteiger partial charge in [-0.3, -0.25) is 10.2 Å². The second kappa shape index (κ2) is 9.80. The molecule has 0 radical (unpaired) electrons. The Labute approximate surface area is 168 Å². The first kappa shape index (κ1) is 21.3. The third-order valence-corrected chi connectivity index (χ3v) is 4.60. The Morgan fingerprint density at radius 1 is 1.21 bits per heavy atom. The van der Waals surface area contributed by atoms with Crippen molar-refractivity contribution >= 4 is 41.0 Å². The van der Waals surface area contributed by atoms with Gasteiger partial charge in [-0.2, -0.15) is 0 Å². The summed E-state index contributed by atoms with van der Waals surface area (Å²) in [7, 11) is 0. The molecule has 2 aromatic carbocycles. The average Bonchev–Trinajstić information content (AvgIpc) is 2.67. The molecule has 2 aromatic rings. The molecule has 5 N–H and O–H groups in total. The van der Waals surface area contributed by atoms with Crippen molar-refractivity contribution in [3.05, 3.63) is 53.1 Å². The second-order valence-corrected chi connectivity index (χ2v) is 7.01.